The van der Waals surface area contributed by atoms with Crippen molar-refractivity contribution in [3.8, 4) is 0 Å². The van der Waals surface area contributed by atoms with Gasteiger partial charge >= 0.3 is 5.97 Å². The first-order valence-electron chi connectivity index (χ1n) is 6.30. The second-order valence-electron chi connectivity index (χ2n) is 5.36. The van der Waals surface area contributed by atoms with E-state index in [-0.39, 0.29) is 5.56 Å². The van der Waals surface area contributed by atoms with Crippen LogP contribution in [-0.4, -0.2) is 54.2 Å². The number of likely N-dealkylation sites (N-methyl/N-ethyl adjacent to an activating group) is 1. The van der Waals surface area contributed by atoms with Crippen LogP contribution in [0, 0.1) is 5.92 Å². The maximum absolute atomic E-state index is 11.3. The Morgan fingerprint density at radius 1 is 1.53 bits per heavy atom. The molecule has 0 aromatic carbocycles. The van der Waals surface area contributed by atoms with E-state index >= 15 is 0 Å². The Bertz CT molecular complexity index is 490. The molecule has 1 fully saturated rings. The fourth-order valence-corrected chi connectivity index (χ4v) is 2.68. The largest absolute Gasteiger partial charge is 0.478 e. The normalized spacial score (nSPS) is 23.1. The molecule has 3 N–H and O–H groups in total. The first kappa shape index (κ1) is 13.6. The lowest BCUT2D eigenvalue weighted by Crippen LogP contribution is -2.34. The second kappa shape index (κ2) is 5.05. The number of carboxylic acid groups (broad SMARTS) is 1. The Labute approximate surface area is 112 Å². The third-order valence-corrected chi connectivity index (χ3v) is 3.65. The van der Waals surface area contributed by atoms with Gasteiger partial charge in [0.05, 0.1) is 11.9 Å². The third kappa shape index (κ3) is 2.63. The lowest BCUT2D eigenvalue weighted by molar-refractivity contribution is 0.0697. The van der Waals surface area contributed by atoms with Crippen molar-refractivity contribution in [2.45, 2.75) is 13.0 Å². The van der Waals surface area contributed by atoms with Crippen LogP contribution >= 0.6 is 0 Å². The number of nitrogens with zero attached hydrogens (tertiary/aromatic N) is 3. The van der Waals surface area contributed by atoms with E-state index in [0.29, 0.717) is 23.5 Å². The molecule has 2 heterocycles. The molecule has 19 heavy (non-hydrogen) atoms. The van der Waals surface area contributed by atoms with Crippen molar-refractivity contribution in [2.24, 2.45) is 5.92 Å². The van der Waals surface area contributed by atoms with Gasteiger partial charge in [-0.15, -0.1) is 0 Å². The highest BCUT2D eigenvalue weighted by Gasteiger charge is 2.33. The molecule has 0 radical (unpaired) electrons. The highest BCUT2D eigenvalue weighted by Crippen LogP contribution is 2.28. The van der Waals surface area contributed by atoms with Crippen LogP contribution in [0.2, 0.25) is 0 Å². The van der Waals surface area contributed by atoms with E-state index in [4.69, 9.17) is 5.73 Å². The average molecular weight is 264 g/mol. The Morgan fingerprint density at radius 2 is 2.21 bits per heavy atom. The van der Waals surface area contributed by atoms with Gasteiger partial charge in [-0.3, -0.25) is 0 Å². The maximum atomic E-state index is 11.3. The summed E-state index contributed by atoms with van der Waals surface area (Å²) in [5, 5.41) is 9.26. The lowest BCUT2D eigenvalue weighted by Gasteiger charge is -2.23. The fraction of sp³-hybridized carbons (Fsp3) is 0.538. The van der Waals surface area contributed by atoms with Gasteiger partial charge in [-0.1, -0.05) is 6.92 Å². The zero-order valence-corrected chi connectivity index (χ0v) is 11.5. The molecule has 0 spiro atoms. The number of rotatable bonds is 3. The number of nitrogens with two attached hydrogens (primary N) is 1. The zero-order valence-electron chi connectivity index (χ0n) is 11.5. The molecule has 1 aromatic rings. The number of carboxylic acids is 1. The van der Waals surface area contributed by atoms with E-state index in [1.54, 1.807) is 0 Å². The van der Waals surface area contributed by atoms with Crippen molar-refractivity contribution in [2.75, 3.05) is 37.8 Å². The van der Waals surface area contributed by atoms with Gasteiger partial charge in [0.15, 0.2) is 0 Å². The van der Waals surface area contributed by atoms with Crippen LogP contribution in [0.15, 0.2) is 12.3 Å². The van der Waals surface area contributed by atoms with Crippen LogP contribution in [0.3, 0.4) is 0 Å². The van der Waals surface area contributed by atoms with Crippen molar-refractivity contribution in [1.29, 1.82) is 0 Å². The van der Waals surface area contributed by atoms with Crippen LogP contribution < -0.4 is 10.6 Å². The number of aromatic nitrogens is 1. The molecule has 0 bridgehead atoms. The van der Waals surface area contributed by atoms with Gasteiger partial charge in [0.1, 0.15) is 11.4 Å². The summed E-state index contributed by atoms with van der Waals surface area (Å²) in [5.74, 6) is -0.00958. The smallest absolute Gasteiger partial charge is 0.339 e. The Hall–Kier alpha value is -1.82. The predicted molar refractivity (Wildman–Crippen MR) is 74.5 cm³/mol. The quantitative estimate of drug-likeness (QED) is 0.838. The third-order valence-electron chi connectivity index (χ3n) is 3.65. The minimum absolute atomic E-state index is 0.173. The first-order valence-corrected chi connectivity index (χ1v) is 6.30. The number of pyridine rings is 1. The van der Waals surface area contributed by atoms with E-state index in [0.717, 1.165) is 13.1 Å². The molecule has 6 heteroatoms. The lowest BCUT2D eigenvalue weighted by atomic mass is 10.1. The van der Waals surface area contributed by atoms with Crippen LogP contribution in [0.5, 0.6) is 0 Å². The van der Waals surface area contributed by atoms with Crippen LogP contribution in [0.25, 0.3) is 0 Å². The van der Waals surface area contributed by atoms with Gasteiger partial charge in [-0.25, -0.2) is 9.78 Å². The van der Waals surface area contributed by atoms with Crippen molar-refractivity contribution in [3.05, 3.63) is 17.8 Å². The Morgan fingerprint density at radius 3 is 2.74 bits per heavy atom. The van der Waals surface area contributed by atoms with Gasteiger partial charge in [0, 0.05) is 19.1 Å². The van der Waals surface area contributed by atoms with Gasteiger partial charge < -0.3 is 20.6 Å². The molecular weight excluding hydrogens is 244 g/mol. The summed E-state index contributed by atoms with van der Waals surface area (Å²) in [6, 6.07) is 1.87. The molecule has 0 aliphatic carbocycles. The van der Waals surface area contributed by atoms with E-state index in [1.165, 1.54) is 12.3 Å². The van der Waals surface area contributed by atoms with Crippen molar-refractivity contribution in [1.82, 2.24) is 9.88 Å². The SMILES string of the molecule is CC1CN(c2ncc(N)cc2C(=O)O)CC1N(C)C. The van der Waals surface area contributed by atoms with E-state index in [2.05, 4.69) is 16.8 Å². The summed E-state index contributed by atoms with van der Waals surface area (Å²) in [4.78, 5) is 19.7. The minimum Gasteiger partial charge on any atom is -0.478 e. The highest BCUT2D eigenvalue weighted by atomic mass is 16.4. The van der Waals surface area contributed by atoms with Gasteiger partial charge in [0.2, 0.25) is 0 Å². The minimum atomic E-state index is -0.990. The molecule has 1 aromatic heterocycles. The number of carbonyl (C=O) groups is 1. The van der Waals surface area contributed by atoms with E-state index in [9.17, 15) is 9.90 Å². The van der Waals surface area contributed by atoms with Crippen molar-refractivity contribution in [3.63, 3.8) is 0 Å². The van der Waals surface area contributed by atoms with Gasteiger partial charge in [-0.05, 0) is 26.1 Å². The topological polar surface area (TPSA) is 82.7 Å². The standard InChI is InChI=1S/C13H20N4O2/c1-8-6-17(7-11(8)16(2)3)12-10(13(18)19)4-9(14)5-15-12/h4-5,8,11H,6-7,14H2,1-3H3,(H,18,19). The zero-order chi connectivity index (χ0) is 14.2. The number of hydrogen-bond acceptors (Lipinski definition) is 5. The molecule has 1 saturated heterocycles. The molecule has 2 unspecified atom stereocenters. The van der Waals surface area contributed by atoms with Crippen LogP contribution in [-0.2, 0) is 0 Å². The average Bonchev–Trinajstić information content (AvgIpc) is 2.71. The van der Waals surface area contributed by atoms with Crippen molar-refractivity contribution >= 4 is 17.5 Å². The summed E-state index contributed by atoms with van der Waals surface area (Å²) in [6.45, 7) is 3.76. The number of nitrogen functional groups attached to an aromatic ring is 1. The maximum Gasteiger partial charge on any atom is 0.339 e. The van der Waals surface area contributed by atoms with Gasteiger partial charge in [0.25, 0.3) is 0 Å². The summed E-state index contributed by atoms with van der Waals surface area (Å²) in [7, 11) is 4.08. The Balaban J connectivity index is 2.31. The molecule has 0 saturated carbocycles. The molecule has 2 rings (SSSR count). The molecule has 6 nitrogen and oxygen atoms in total. The summed E-state index contributed by atoms with van der Waals surface area (Å²) >= 11 is 0. The molecule has 104 valence electrons. The number of hydrogen-bond donors (Lipinski definition) is 2. The number of anilines is 2. The van der Waals surface area contributed by atoms with Gasteiger partial charge in [-0.2, -0.15) is 0 Å². The molecule has 2 atom stereocenters. The second-order valence-corrected chi connectivity index (χ2v) is 5.36. The van der Waals surface area contributed by atoms with Crippen molar-refractivity contribution < 1.29 is 9.90 Å². The van der Waals surface area contributed by atoms with Crippen LogP contribution in [0.1, 0.15) is 17.3 Å². The monoisotopic (exact) mass is 264 g/mol. The molecular formula is C13H20N4O2. The van der Waals surface area contributed by atoms with Crippen LogP contribution in [0.4, 0.5) is 11.5 Å². The molecule has 0 amide bonds. The highest BCUT2D eigenvalue weighted by molar-refractivity contribution is 5.94. The molecule has 1 aliphatic heterocycles. The van der Waals surface area contributed by atoms with E-state index < -0.39 is 5.97 Å². The fourth-order valence-electron chi connectivity index (χ4n) is 2.68. The summed E-state index contributed by atoms with van der Waals surface area (Å²) in [6.07, 6.45) is 1.51. The Kier molecular flexibility index (Phi) is 3.61. The predicted octanol–water partition coefficient (Wildman–Crippen LogP) is 0.748. The number of aromatic carboxylic acids is 1. The van der Waals surface area contributed by atoms with E-state index in [1.807, 2.05) is 19.0 Å². The summed E-state index contributed by atoms with van der Waals surface area (Å²) in [5.41, 5.74) is 6.16. The first-order chi connectivity index (χ1) is 8.90. The molecule has 1 aliphatic rings. The summed E-state index contributed by atoms with van der Waals surface area (Å²) < 4.78 is 0.